The Bertz CT molecular complexity index is 1620. The first-order valence-electron chi connectivity index (χ1n) is 15.9. The molecule has 0 radical (unpaired) electrons. The molecule has 4 fully saturated rings. The van der Waals surface area contributed by atoms with Crippen LogP contribution < -0.4 is 10.1 Å². The third kappa shape index (κ3) is 5.36. The Labute approximate surface area is 266 Å². The minimum atomic E-state index is -4.58. The minimum absolute atomic E-state index is 0.0116. The molecular weight excluding hydrogens is 601 g/mol. The highest BCUT2D eigenvalue weighted by Gasteiger charge is 2.57. The molecule has 1 aliphatic heterocycles. The zero-order chi connectivity index (χ0) is 33.3. The smallest absolute Gasteiger partial charge is 0.416 e. The van der Waals surface area contributed by atoms with Crippen molar-refractivity contribution in [2.75, 3.05) is 13.7 Å². The lowest BCUT2D eigenvalue weighted by Crippen LogP contribution is -2.62. The summed E-state index contributed by atoms with van der Waals surface area (Å²) in [6.45, 7) is 7.95. The van der Waals surface area contributed by atoms with Crippen LogP contribution in [-0.2, 0) is 29.4 Å². The number of alkyl halides is 3. The van der Waals surface area contributed by atoms with E-state index in [2.05, 4.69) is 31.1 Å². The van der Waals surface area contributed by atoms with Crippen molar-refractivity contribution in [3.8, 4) is 16.9 Å². The monoisotopic (exact) mass is 644 g/mol. The molecule has 4 aliphatic rings. The number of ether oxygens (including phenoxy) is 1. The van der Waals surface area contributed by atoms with E-state index >= 15 is 0 Å². The molecule has 2 bridgehead atoms. The van der Waals surface area contributed by atoms with E-state index in [1.165, 1.54) is 23.1 Å². The molecule has 250 valence electrons. The summed E-state index contributed by atoms with van der Waals surface area (Å²) in [7, 11) is 3.07. The maximum atomic E-state index is 14.1. The highest BCUT2D eigenvalue weighted by molar-refractivity contribution is 5.95. The van der Waals surface area contributed by atoms with Gasteiger partial charge in [0.15, 0.2) is 0 Å². The Kier molecular flexibility index (Phi) is 8.40. The number of carbonyl (C=O) groups is 1. The Hall–Kier alpha value is -3.19. The summed E-state index contributed by atoms with van der Waals surface area (Å²) in [4.78, 5) is 24.6. The Morgan fingerprint density at radius 3 is 2.59 bits per heavy atom. The number of methoxy groups -OCH3 is 1. The first kappa shape index (κ1) is 32.7. The van der Waals surface area contributed by atoms with Gasteiger partial charge in [-0.25, -0.2) is 4.98 Å². The summed E-state index contributed by atoms with van der Waals surface area (Å²) in [5, 5.41) is 25.7. The van der Waals surface area contributed by atoms with Gasteiger partial charge in [-0.1, -0.05) is 39.0 Å². The number of halogens is 3. The number of aliphatic hydroxyl groups is 2. The number of amides is 1. The average Bonchev–Trinajstić information content (AvgIpc) is 3.57. The topological polar surface area (TPSA) is 109 Å². The third-order valence-electron chi connectivity index (χ3n) is 11.1. The van der Waals surface area contributed by atoms with Gasteiger partial charge < -0.3 is 24.8 Å². The number of hydroxylamine groups is 2. The number of rotatable bonds is 8. The maximum absolute atomic E-state index is 14.1. The normalized spacial score (nSPS) is 29.8. The van der Waals surface area contributed by atoms with Crippen LogP contribution in [0.1, 0.15) is 51.7 Å². The largest absolute Gasteiger partial charge is 0.496 e. The molecule has 3 saturated carbocycles. The minimum Gasteiger partial charge on any atom is -0.496 e. The molecule has 0 spiro atoms. The molecule has 1 saturated heterocycles. The number of fused-ring (bicyclic) bond motifs is 3. The summed E-state index contributed by atoms with van der Waals surface area (Å²) in [6, 6.07) is 6.34. The zero-order valence-electron chi connectivity index (χ0n) is 27.0. The van der Waals surface area contributed by atoms with E-state index in [1.54, 1.807) is 32.2 Å². The number of para-hydroxylation sites is 1. The van der Waals surface area contributed by atoms with Gasteiger partial charge in [0.05, 0.1) is 49.3 Å². The van der Waals surface area contributed by atoms with Gasteiger partial charge in [-0.15, -0.1) is 0 Å². The molecule has 8 atom stereocenters. The summed E-state index contributed by atoms with van der Waals surface area (Å²) in [5.41, 5.74) is 1.35. The lowest BCUT2D eigenvalue weighted by Gasteiger charge is -2.62. The Morgan fingerprint density at radius 2 is 1.98 bits per heavy atom. The number of benzene rings is 2. The maximum Gasteiger partial charge on any atom is 0.416 e. The Balaban J connectivity index is 1.35. The number of aromatic nitrogens is 2. The van der Waals surface area contributed by atoms with Gasteiger partial charge in [-0.2, -0.15) is 18.2 Å². The van der Waals surface area contributed by atoms with Crippen LogP contribution in [-0.4, -0.2) is 68.7 Å². The van der Waals surface area contributed by atoms with Crippen LogP contribution in [0.2, 0.25) is 0 Å². The number of aliphatic hydroxyl groups excluding tert-OH is 2. The fraction of sp³-hybridized carbons (Fsp3) is 0.588. The fourth-order valence-corrected chi connectivity index (χ4v) is 8.41. The molecule has 2 aromatic carbocycles. The quantitative estimate of drug-likeness (QED) is 0.319. The molecule has 9 nitrogen and oxygen atoms in total. The lowest BCUT2D eigenvalue weighted by molar-refractivity contribution is -0.183. The standard InChI is InChI=1S/C34H43F3N4O5/c1-17-24-11-20(33(24,3)4)12-25(17)39-32(44)30-28(18(2)43)27(15-42)46-41(30)14-19-8-7-9-22(31(19)45-6)23-10-21(34(35,36)37)13-26-29(23)38-16-40(26)5/h7-10,13,16-18,20,24-25,27-28,30,42-43H,11-12,14-15H2,1-6H3,(H,39,44)/t17-,18-,20+,24-,25-,27-,28-,30?/m0/s1. The second kappa shape index (κ2) is 11.8. The van der Waals surface area contributed by atoms with Gasteiger partial charge in [0.25, 0.3) is 0 Å². The molecule has 2 heterocycles. The average molecular weight is 645 g/mol. The molecular formula is C34H43F3N4O5. The van der Waals surface area contributed by atoms with E-state index in [0.29, 0.717) is 39.7 Å². The molecule has 7 rings (SSSR count). The molecule has 1 aromatic heterocycles. The number of nitrogens with one attached hydrogen (secondary N) is 1. The number of hydrogen-bond acceptors (Lipinski definition) is 7. The van der Waals surface area contributed by atoms with Gasteiger partial charge in [-0.05, 0) is 55.1 Å². The molecule has 3 aliphatic carbocycles. The van der Waals surface area contributed by atoms with Gasteiger partial charge in [0, 0.05) is 35.7 Å². The van der Waals surface area contributed by atoms with Crippen molar-refractivity contribution < 1.29 is 37.8 Å². The van der Waals surface area contributed by atoms with Gasteiger partial charge in [-0.3, -0.25) is 9.63 Å². The van der Waals surface area contributed by atoms with E-state index in [1.807, 2.05) is 0 Å². The summed E-state index contributed by atoms with van der Waals surface area (Å²) in [5.74, 6) is 0.619. The number of nitrogens with zero attached hydrogens (tertiary/aromatic N) is 3. The van der Waals surface area contributed by atoms with E-state index in [4.69, 9.17) is 9.57 Å². The zero-order valence-corrected chi connectivity index (χ0v) is 27.0. The van der Waals surface area contributed by atoms with Crippen molar-refractivity contribution in [1.82, 2.24) is 19.9 Å². The van der Waals surface area contributed by atoms with Crippen LogP contribution in [0.5, 0.6) is 5.75 Å². The fourth-order valence-electron chi connectivity index (χ4n) is 8.41. The van der Waals surface area contributed by atoms with E-state index in [-0.39, 0.29) is 35.4 Å². The molecule has 3 N–H and O–H groups in total. The highest BCUT2D eigenvalue weighted by atomic mass is 19.4. The predicted molar refractivity (Wildman–Crippen MR) is 165 cm³/mol. The number of aryl methyl sites for hydroxylation is 1. The van der Waals surface area contributed by atoms with Crippen LogP contribution in [0.4, 0.5) is 13.2 Å². The summed E-state index contributed by atoms with van der Waals surface area (Å²) >= 11 is 0. The van der Waals surface area contributed by atoms with Crippen LogP contribution >= 0.6 is 0 Å². The Morgan fingerprint density at radius 1 is 1.24 bits per heavy atom. The van der Waals surface area contributed by atoms with Crippen molar-refractivity contribution >= 4 is 16.9 Å². The first-order valence-corrected chi connectivity index (χ1v) is 15.9. The van der Waals surface area contributed by atoms with Crippen molar-refractivity contribution in [1.29, 1.82) is 0 Å². The molecule has 46 heavy (non-hydrogen) atoms. The van der Waals surface area contributed by atoms with Crippen molar-refractivity contribution in [2.45, 2.75) is 77.5 Å². The molecule has 1 unspecified atom stereocenters. The van der Waals surface area contributed by atoms with Gasteiger partial charge in [0.2, 0.25) is 5.91 Å². The summed E-state index contributed by atoms with van der Waals surface area (Å²) < 4.78 is 49.2. The number of hydrogen-bond donors (Lipinski definition) is 3. The van der Waals surface area contributed by atoms with E-state index in [0.717, 1.165) is 25.0 Å². The van der Waals surface area contributed by atoms with Crippen molar-refractivity contribution in [2.24, 2.45) is 36.1 Å². The second-order valence-electron chi connectivity index (χ2n) is 14.0. The summed E-state index contributed by atoms with van der Waals surface area (Å²) in [6.07, 6.45) is -2.88. The number of imidazole rings is 1. The van der Waals surface area contributed by atoms with Crippen LogP contribution in [0.25, 0.3) is 22.2 Å². The first-order chi connectivity index (χ1) is 21.7. The van der Waals surface area contributed by atoms with Crippen LogP contribution in [0, 0.1) is 29.1 Å². The highest BCUT2D eigenvalue weighted by Crippen LogP contribution is 2.61. The second-order valence-corrected chi connectivity index (χ2v) is 14.0. The molecule has 12 heteroatoms. The number of carbonyl (C=O) groups excluding carboxylic acids is 1. The van der Waals surface area contributed by atoms with E-state index in [9.17, 15) is 28.2 Å². The molecule has 3 aromatic rings. The van der Waals surface area contributed by atoms with Crippen molar-refractivity contribution in [3.05, 3.63) is 47.8 Å². The SMILES string of the molecule is COc1c(CN2O[C@@H](CO)[C@H]([C@H](C)O)C2C(=O)N[C@H]2C[C@H]3C[C@@H]([C@@H]2C)C3(C)C)cccc1-c1cc(C(F)(F)F)cc2c1ncn2C. The molecule has 1 amide bonds. The van der Waals surface area contributed by atoms with Crippen LogP contribution in [0.15, 0.2) is 36.7 Å². The lowest BCUT2D eigenvalue weighted by atomic mass is 9.45. The van der Waals surface area contributed by atoms with Gasteiger partial charge >= 0.3 is 6.18 Å². The van der Waals surface area contributed by atoms with Crippen molar-refractivity contribution in [3.63, 3.8) is 0 Å². The van der Waals surface area contributed by atoms with Crippen LogP contribution in [0.3, 0.4) is 0 Å². The van der Waals surface area contributed by atoms with E-state index < -0.39 is 42.5 Å². The third-order valence-corrected chi connectivity index (χ3v) is 11.1. The van der Waals surface area contributed by atoms with Gasteiger partial charge in [0.1, 0.15) is 17.9 Å². The predicted octanol–water partition coefficient (Wildman–Crippen LogP) is 4.93.